The Bertz CT molecular complexity index is 1000. The SMILES string of the molecule is O=C(CCNS(=O)(=O)c1ccc(OC(F)(F)F)cc1)NCc1cccc(C(F)(F)F)c1. The Labute approximate surface area is 173 Å². The summed E-state index contributed by atoms with van der Waals surface area (Å²) in [6, 6.07) is 7.81. The van der Waals surface area contributed by atoms with Crippen LogP contribution in [-0.4, -0.2) is 27.2 Å². The molecule has 0 heterocycles. The number of nitrogens with one attached hydrogen (secondary N) is 2. The second-order valence-electron chi connectivity index (χ2n) is 6.14. The van der Waals surface area contributed by atoms with Crippen molar-refractivity contribution in [3.63, 3.8) is 0 Å². The van der Waals surface area contributed by atoms with Crippen LogP contribution in [0.1, 0.15) is 17.5 Å². The molecule has 13 heteroatoms. The first-order valence-corrected chi connectivity index (χ1v) is 10.0. The standard InChI is InChI=1S/C18H16F6N2O4S/c19-17(20,21)13-3-1-2-12(10-13)11-25-16(27)8-9-26-31(28,29)15-6-4-14(5-7-15)30-18(22,23)24/h1-7,10,26H,8-9,11H2,(H,25,27). The van der Waals surface area contributed by atoms with Crippen molar-refractivity contribution in [2.75, 3.05) is 6.54 Å². The molecule has 0 saturated carbocycles. The van der Waals surface area contributed by atoms with Crippen molar-refractivity contribution in [2.45, 2.75) is 30.4 Å². The van der Waals surface area contributed by atoms with E-state index >= 15 is 0 Å². The van der Waals surface area contributed by atoms with Crippen LogP contribution in [0, 0.1) is 0 Å². The van der Waals surface area contributed by atoms with Gasteiger partial charge in [0.1, 0.15) is 5.75 Å². The Morgan fingerprint density at radius 1 is 0.968 bits per heavy atom. The molecule has 0 fully saturated rings. The number of hydrogen-bond acceptors (Lipinski definition) is 4. The third-order valence-corrected chi connectivity index (χ3v) is 5.23. The number of hydrogen-bond donors (Lipinski definition) is 2. The van der Waals surface area contributed by atoms with Crippen molar-refractivity contribution < 1.29 is 44.3 Å². The zero-order valence-electron chi connectivity index (χ0n) is 15.5. The summed E-state index contributed by atoms with van der Waals surface area (Å²) >= 11 is 0. The summed E-state index contributed by atoms with van der Waals surface area (Å²) in [7, 11) is -4.10. The van der Waals surface area contributed by atoms with Gasteiger partial charge in [-0.1, -0.05) is 12.1 Å². The van der Waals surface area contributed by atoms with Gasteiger partial charge in [-0.05, 0) is 42.0 Å². The van der Waals surface area contributed by atoms with Gasteiger partial charge in [0, 0.05) is 19.5 Å². The predicted octanol–water partition coefficient (Wildman–Crippen LogP) is 3.59. The maximum atomic E-state index is 12.7. The highest BCUT2D eigenvalue weighted by Crippen LogP contribution is 2.29. The number of sulfonamides is 1. The molecule has 2 aromatic carbocycles. The lowest BCUT2D eigenvalue weighted by molar-refractivity contribution is -0.274. The molecule has 0 aliphatic rings. The summed E-state index contributed by atoms with van der Waals surface area (Å²) < 4.78 is 104. The molecule has 2 N–H and O–H groups in total. The third kappa shape index (κ3) is 8.09. The van der Waals surface area contributed by atoms with Gasteiger partial charge in [-0.25, -0.2) is 13.1 Å². The molecule has 0 aliphatic carbocycles. The molecular weight excluding hydrogens is 454 g/mol. The minimum Gasteiger partial charge on any atom is -0.406 e. The summed E-state index contributed by atoms with van der Waals surface area (Å²) in [5.74, 6) is -1.21. The third-order valence-electron chi connectivity index (χ3n) is 3.76. The van der Waals surface area contributed by atoms with Crippen molar-refractivity contribution in [1.82, 2.24) is 10.0 Å². The molecule has 0 unspecified atom stereocenters. The second kappa shape index (κ2) is 9.56. The van der Waals surface area contributed by atoms with E-state index in [0.29, 0.717) is 0 Å². The fraction of sp³-hybridized carbons (Fsp3) is 0.278. The van der Waals surface area contributed by atoms with Gasteiger partial charge in [0.25, 0.3) is 0 Å². The molecule has 2 rings (SSSR count). The summed E-state index contributed by atoms with van der Waals surface area (Å²) in [6.45, 7) is -0.520. The summed E-state index contributed by atoms with van der Waals surface area (Å²) in [4.78, 5) is 11.5. The first kappa shape index (κ1) is 24.5. The van der Waals surface area contributed by atoms with Gasteiger partial charge < -0.3 is 10.1 Å². The van der Waals surface area contributed by atoms with Crippen LogP contribution in [0.15, 0.2) is 53.4 Å². The second-order valence-corrected chi connectivity index (χ2v) is 7.91. The molecule has 31 heavy (non-hydrogen) atoms. The Kier molecular flexibility index (Phi) is 7.54. The van der Waals surface area contributed by atoms with Crippen LogP contribution in [0.3, 0.4) is 0 Å². The lowest BCUT2D eigenvalue weighted by Gasteiger charge is -2.11. The molecule has 0 aliphatic heterocycles. The average Bonchev–Trinajstić information content (AvgIpc) is 2.65. The minimum absolute atomic E-state index is 0.184. The topological polar surface area (TPSA) is 84.5 Å². The van der Waals surface area contributed by atoms with Crippen LogP contribution >= 0.6 is 0 Å². The van der Waals surface area contributed by atoms with E-state index < -0.39 is 39.8 Å². The Hall–Kier alpha value is -2.80. The van der Waals surface area contributed by atoms with Gasteiger partial charge in [-0.15, -0.1) is 13.2 Å². The van der Waals surface area contributed by atoms with E-state index in [4.69, 9.17) is 0 Å². The molecular formula is C18H16F6N2O4S. The summed E-state index contributed by atoms with van der Waals surface area (Å²) in [5.41, 5.74) is -0.649. The van der Waals surface area contributed by atoms with Crippen molar-refractivity contribution in [3.05, 3.63) is 59.7 Å². The monoisotopic (exact) mass is 470 g/mol. The molecule has 1 amide bonds. The molecule has 0 aromatic heterocycles. The lowest BCUT2D eigenvalue weighted by Crippen LogP contribution is -2.30. The van der Waals surface area contributed by atoms with E-state index in [9.17, 15) is 39.6 Å². The van der Waals surface area contributed by atoms with Gasteiger partial charge >= 0.3 is 12.5 Å². The van der Waals surface area contributed by atoms with Gasteiger partial charge in [0.2, 0.25) is 15.9 Å². The molecule has 0 radical (unpaired) electrons. The van der Waals surface area contributed by atoms with Gasteiger partial charge in [-0.2, -0.15) is 13.2 Å². The normalized spacial score (nSPS) is 12.5. The van der Waals surface area contributed by atoms with Crippen LogP contribution in [0.5, 0.6) is 5.75 Å². The van der Waals surface area contributed by atoms with E-state index in [1.54, 1.807) is 0 Å². The Balaban J connectivity index is 1.83. The number of ether oxygens (including phenoxy) is 1. The molecule has 0 saturated heterocycles. The van der Waals surface area contributed by atoms with E-state index in [1.807, 2.05) is 0 Å². The molecule has 2 aromatic rings. The predicted molar refractivity (Wildman–Crippen MR) is 96.2 cm³/mol. The first-order chi connectivity index (χ1) is 14.3. The number of rotatable bonds is 8. The van der Waals surface area contributed by atoms with E-state index in [1.165, 1.54) is 12.1 Å². The number of amides is 1. The Morgan fingerprint density at radius 3 is 2.19 bits per heavy atom. The van der Waals surface area contributed by atoms with Crippen LogP contribution < -0.4 is 14.8 Å². The highest BCUT2D eigenvalue weighted by atomic mass is 32.2. The lowest BCUT2D eigenvalue weighted by atomic mass is 10.1. The molecule has 170 valence electrons. The van der Waals surface area contributed by atoms with Crippen molar-refractivity contribution >= 4 is 15.9 Å². The van der Waals surface area contributed by atoms with Gasteiger partial charge in [-0.3, -0.25) is 4.79 Å². The van der Waals surface area contributed by atoms with Crippen molar-refractivity contribution in [3.8, 4) is 5.75 Å². The number of halogens is 6. The minimum atomic E-state index is -4.92. The molecule has 0 spiro atoms. The maximum absolute atomic E-state index is 12.7. The van der Waals surface area contributed by atoms with Crippen LogP contribution in [0.4, 0.5) is 26.3 Å². The summed E-state index contributed by atoms with van der Waals surface area (Å²) in [5, 5.41) is 2.37. The Morgan fingerprint density at radius 2 is 1.61 bits per heavy atom. The molecule has 0 atom stereocenters. The summed E-state index contributed by atoms with van der Waals surface area (Å²) in [6.07, 6.45) is -9.75. The van der Waals surface area contributed by atoms with Gasteiger partial charge in [0.05, 0.1) is 10.5 Å². The number of alkyl halides is 6. The largest absolute Gasteiger partial charge is 0.573 e. The van der Waals surface area contributed by atoms with Crippen LogP contribution in [0.25, 0.3) is 0 Å². The highest BCUT2D eigenvalue weighted by molar-refractivity contribution is 7.89. The fourth-order valence-corrected chi connectivity index (χ4v) is 3.38. The van der Waals surface area contributed by atoms with Crippen LogP contribution in [0.2, 0.25) is 0 Å². The number of benzene rings is 2. The van der Waals surface area contributed by atoms with E-state index in [-0.39, 0.29) is 30.0 Å². The van der Waals surface area contributed by atoms with Crippen molar-refractivity contribution in [2.24, 2.45) is 0 Å². The number of carbonyl (C=O) groups is 1. The highest BCUT2D eigenvalue weighted by Gasteiger charge is 2.31. The fourth-order valence-electron chi connectivity index (χ4n) is 2.35. The molecule has 0 bridgehead atoms. The van der Waals surface area contributed by atoms with Crippen molar-refractivity contribution in [1.29, 1.82) is 0 Å². The van der Waals surface area contributed by atoms with Crippen LogP contribution in [-0.2, 0) is 27.5 Å². The quantitative estimate of drug-likeness (QED) is 0.578. The first-order valence-electron chi connectivity index (χ1n) is 8.54. The zero-order valence-corrected chi connectivity index (χ0v) is 16.4. The molecule has 6 nitrogen and oxygen atoms in total. The smallest absolute Gasteiger partial charge is 0.406 e. The maximum Gasteiger partial charge on any atom is 0.573 e. The number of carbonyl (C=O) groups excluding carboxylic acids is 1. The van der Waals surface area contributed by atoms with E-state index in [2.05, 4.69) is 14.8 Å². The average molecular weight is 470 g/mol. The zero-order chi connectivity index (χ0) is 23.3. The van der Waals surface area contributed by atoms with E-state index in [0.717, 1.165) is 36.4 Å². The van der Waals surface area contributed by atoms with Gasteiger partial charge in [0.15, 0.2) is 0 Å².